The summed E-state index contributed by atoms with van der Waals surface area (Å²) in [6, 6.07) is 3.12. The molecule has 0 fully saturated rings. The summed E-state index contributed by atoms with van der Waals surface area (Å²) in [5, 5.41) is 0. The molecule has 0 aliphatic rings. The quantitative estimate of drug-likeness (QED) is 0.459. The zero-order valence-electron chi connectivity index (χ0n) is 9.14. The zero-order chi connectivity index (χ0) is 12.8. The molecule has 90 valence electrons. The number of pyridine rings is 1. The van der Waals surface area contributed by atoms with Gasteiger partial charge < -0.3 is 5.73 Å². The van der Waals surface area contributed by atoms with Crippen molar-refractivity contribution in [3.63, 3.8) is 0 Å². The summed E-state index contributed by atoms with van der Waals surface area (Å²) in [5.41, 5.74) is 9.47. The fourth-order valence-corrected chi connectivity index (χ4v) is 0.925. The molecule has 1 aromatic rings. The largest absolute Gasteiger partial charge is 0.369 e. The lowest BCUT2D eigenvalue weighted by molar-refractivity contribution is -0.133. The van der Waals surface area contributed by atoms with Gasteiger partial charge in [0.2, 0.25) is 5.91 Å². The summed E-state index contributed by atoms with van der Waals surface area (Å²) < 4.78 is 0. The average Bonchev–Trinajstić information content (AvgIpc) is 2.35. The Balaban J connectivity index is 2.50. The zero-order valence-corrected chi connectivity index (χ0v) is 9.14. The minimum Gasteiger partial charge on any atom is -0.369 e. The first kappa shape index (κ1) is 12.6. The molecule has 0 aliphatic carbocycles. The van der Waals surface area contributed by atoms with Crippen LogP contribution in [0.15, 0.2) is 24.5 Å². The van der Waals surface area contributed by atoms with Crippen LogP contribution in [-0.2, 0) is 9.59 Å². The van der Waals surface area contributed by atoms with Gasteiger partial charge >= 0.3 is 0 Å². The SMILES string of the molecule is CC(C(N)=O)C(=O)NNC(=O)c1cccnc1. The standard InChI is InChI=1S/C10H12N4O3/c1-6(8(11)15)9(16)13-14-10(17)7-3-2-4-12-5-7/h2-6H,1H3,(H2,11,15)(H,13,16)(H,14,17). The number of amides is 3. The second-order valence-corrected chi connectivity index (χ2v) is 3.31. The van der Waals surface area contributed by atoms with Crippen molar-refractivity contribution in [1.29, 1.82) is 0 Å². The van der Waals surface area contributed by atoms with Crippen LogP contribution in [0.3, 0.4) is 0 Å². The number of carbonyl (C=O) groups excluding carboxylic acids is 3. The average molecular weight is 236 g/mol. The topological polar surface area (TPSA) is 114 Å². The summed E-state index contributed by atoms with van der Waals surface area (Å²) in [6.45, 7) is 1.34. The van der Waals surface area contributed by atoms with Crippen molar-refractivity contribution >= 4 is 17.7 Å². The third-order valence-corrected chi connectivity index (χ3v) is 2.04. The maximum atomic E-state index is 11.5. The fourth-order valence-electron chi connectivity index (χ4n) is 0.925. The highest BCUT2D eigenvalue weighted by Gasteiger charge is 2.18. The van der Waals surface area contributed by atoms with Gasteiger partial charge in [0.1, 0.15) is 5.92 Å². The molecule has 1 aromatic heterocycles. The lowest BCUT2D eigenvalue weighted by Gasteiger charge is -2.09. The van der Waals surface area contributed by atoms with E-state index >= 15 is 0 Å². The molecular weight excluding hydrogens is 224 g/mol. The molecule has 0 aliphatic heterocycles. The van der Waals surface area contributed by atoms with Gasteiger partial charge in [-0.2, -0.15) is 0 Å². The molecule has 1 atom stereocenters. The molecule has 0 saturated heterocycles. The van der Waals surface area contributed by atoms with Crippen LogP contribution < -0.4 is 16.6 Å². The molecule has 3 amide bonds. The Labute approximate surface area is 97.4 Å². The molecule has 7 heteroatoms. The minimum atomic E-state index is -1.01. The predicted octanol–water partition coefficient (Wildman–Crippen LogP) is -1.04. The molecule has 0 saturated carbocycles. The highest BCUT2D eigenvalue weighted by Crippen LogP contribution is 1.95. The van der Waals surface area contributed by atoms with E-state index in [1.807, 2.05) is 0 Å². The van der Waals surface area contributed by atoms with Gasteiger partial charge in [-0.25, -0.2) is 0 Å². The summed E-state index contributed by atoms with van der Waals surface area (Å²) in [6.07, 6.45) is 2.86. The van der Waals surface area contributed by atoms with Crippen LogP contribution in [0.1, 0.15) is 17.3 Å². The second-order valence-electron chi connectivity index (χ2n) is 3.31. The maximum Gasteiger partial charge on any atom is 0.271 e. The van der Waals surface area contributed by atoms with E-state index in [2.05, 4.69) is 15.8 Å². The van der Waals surface area contributed by atoms with E-state index in [-0.39, 0.29) is 0 Å². The molecule has 0 spiro atoms. The molecule has 0 bridgehead atoms. The monoisotopic (exact) mass is 236 g/mol. The number of hydrogen-bond donors (Lipinski definition) is 3. The van der Waals surface area contributed by atoms with Gasteiger partial charge in [0.05, 0.1) is 5.56 Å². The molecular formula is C10H12N4O3. The van der Waals surface area contributed by atoms with Crippen molar-refractivity contribution < 1.29 is 14.4 Å². The van der Waals surface area contributed by atoms with E-state index in [1.54, 1.807) is 6.07 Å². The number of hydrogen-bond acceptors (Lipinski definition) is 4. The summed E-state index contributed by atoms with van der Waals surface area (Å²) in [5.74, 6) is -2.97. The Morgan fingerprint density at radius 1 is 1.35 bits per heavy atom. The van der Waals surface area contributed by atoms with Crippen LogP contribution in [0.25, 0.3) is 0 Å². The van der Waals surface area contributed by atoms with Gasteiger partial charge in [0.25, 0.3) is 11.8 Å². The number of rotatable bonds is 3. The number of nitrogens with one attached hydrogen (secondary N) is 2. The Hall–Kier alpha value is -2.44. The van der Waals surface area contributed by atoms with Gasteiger partial charge in [-0.15, -0.1) is 0 Å². The van der Waals surface area contributed by atoms with E-state index in [9.17, 15) is 14.4 Å². The van der Waals surface area contributed by atoms with E-state index in [4.69, 9.17) is 5.73 Å². The van der Waals surface area contributed by atoms with Gasteiger partial charge in [0.15, 0.2) is 0 Å². The normalized spacial score (nSPS) is 11.4. The Kier molecular flexibility index (Phi) is 4.15. The van der Waals surface area contributed by atoms with Crippen molar-refractivity contribution in [2.75, 3.05) is 0 Å². The smallest absolute Gasteiger partial charge is 0.271 e. The van der Waals surface area contributed by atoms with E-state index in [0.717, 1.165) is 0 Å². The van der Waals surface area contributed by atoms with Crippen LogP contribution in [0, 0.1) is 5.92 Å². The third kappa shape index (κ3) is 3.56. The maximum absolute atomic E-state index is 11.5. The van der Waals surface area contributed by atoms with Crippen LogP contribution in [0.5, 0.6) is 0 Å². The first-order valence-electron chi connectivity index (χ1n) is 4.82. The molecule has 0 aromatic carbocycles. The van der Waals surface area contributed by atoms with Crippen LogP contribution in [0.2, 0.25) is 0 Å². The molecule has 0 radical (unpaired) electrons. The van der Waals surface area contributed by atoms with Crippen molar-refractivity contribution in [3.8, 4) is 0 Å². The summed E-state index contributed by atoms with van der Waals surface area (Å²) >= 11 is 0. The molecule has 4 N–H and O–H groups in total. The molecule has 1 unspecified atom stereocenters. The van der Waals surface area contributed by atoms with Crippen molar-refractivity contribution in [2.24, 2.45) is 11.7 Å². The van der Waals surface area contributed by atoms with Gasteiger partial charge in [0, 0.05) is 12.4 Å². The first-order chi connectivity index (χ1) is 8.02. The molecule has 1 rings (SSSR count). The van der Waals surface area contributed by atoms with E-state index in [0.29, 0.717) is 5.56 Å². The van der Waals surface area contributed by atoms with E-state index < -0.39 is 23.6 Å². The number of hydrazine groups is 1. The fraction of sp³-hybridized carbons (Fsp3) is 0.200. The van der Waals surface area contributed by atoms with Crippen LogP contribution in [-0.4, -0.2) is 22.7 Å². The van der Waals surface area contributed by atoms with Crippen molar-refractivity contribution in [2.45, 2.75) is 6.92 Å². The second kappa shape index (κ2) is 5.59. The molecule has 17 heavy (non-hydrogen) atoms. The number of aromatic nitrogens is 1. The van der Waals surface area contributed by atoms with Gasteiger partial charge in [-0.3, -0.25) is 30.2 Å². The summed E-state index contributed by atoms with van der Waals surface area (Å²) in [4.78, 5) is 37.2. The minimum absolute atomic E-state index is 0.291. The van der Waals surface area contributed by atoms with Crippen molar-refractivity contribution in [3.05, 3.63) is 30.1 Å². The highest BCUT2D eigenvalue weighted by molar-refractivity contribution is 6.01. The lowest BCUT2D eigenvalue weighted by Crippen LogP contribution is -2.46. The van der Waals surface area contributed by atoms with Crippen LogP contribution >= 0.6 is 0 Å². The Bertz CT molecular complexity index is 432. The number of primary amides is 1. The molecule has 7 nitrogen and oxygen atoms in total. The Morgan fingerprint density at radius 3 is 2.59 bits per heavy atom. The highest BCUT2D eigenvalue weighted by atomic mass is 16.2. The van der Waals surface area contributed by atoms with Crippen molar-refractivity contribution in [1.82, 2.24) is 15.8 Å². The number of nitrogens with two attached hydrogens (primary N) is 1. The number of nitrogens with zero attached hydrogens (tertiary/aromatic N) is 1. The predicted molar refractivity (Wildman–Crippen MR) is 58.2 cm³/mol. The third-order valence-electron chi connectivity index (χ3n) is 2.04. The van der Waals surface area contributed by atoms with Gasteiger partial charge in [-0.1, -0.05) is 0 Å². The summed E-state index contributed by atoms with van der Waals surface area (Å²) in [7, 11) is 0. The number of carbonyl (C=O) groups is 3. The van der Waals surface area contributed by atoms with E-state index in [1.165, 1.54) is 25.4 Å². The lowest BCUT2D eigenvalue weighted by atomic mass is 10.1. The Morgan fingerprint density at radius 2 is 2.06 bits per heavy atom. The molecule has 1 heterocycles. The first-order valence-corrected chi connectivity index (χ1v) is 4.82. The van der Waals surface area contributed by atoms with Crippen LogP contribution in [0.4, 0.5) is 0 Å². The van der Waals surface area contributed by atoms with Gasteiger partial charge in [-0.05, 0) is 19.1 Å².